The molecule has 0 aliphatic heterocycles. The summed E-state index contributed by atoms with van der Waals surface area (Å²) in [4.78, 5) is 20.7. The average Bonchev–Trinajstić information content (AvgIpc) is 2.59. The Morgan fingerprint density at radius 3 is 2.71 bits per heavy atom. The van der Waals surface area contributed by atoms with Gasteiger partial charge in [-0.05, 0) is 41.1 Å². The van der Waals surface area contributed by atoms with Crippen LogP contribution in [0.15, 0.2) is 70.4 Å². The van der Waals surface area contributed by atoms with Crippen LogP contribution in [0.1, 0.15) is 5.82 Å². The lowest BCUT2D eigenvalue weighted by molar-refractivity contribution is 1.04. The molecule has 0 atom stereocenters. The van der Waals surface area contributed by atoms with Gasteiger partial charge in [0, 0.05) is 9.92 Å². The molecular formula is C19H13ClN2OS. The first kappa shape index (κ1) is 15.2. The number of rotatable bonds is 3. The molecule has 3 nitrogen and oxygen atoms in total. The van der Waals surface area contributed by atoms with Crippen LogP contribution >= 0.6 is 23.4 Å². The number of aromatic amines is 1. The highest BCUT2D eigenvalue weighted by Crippen LogP contribution is 2.26. The number of nitrogens with one attached hydrogen (secondary N) is 1. The summed E-state index contributed by atoms with van der Waals surface area (Å²) in [6.07, 6.45) is 0. The highest BCUT2D eigenvalue weighted by Gasteiger charge is 2.06. The smallest absolute Gasteiger partial charge is 0.258 e. The number of aromatic nitrogens is 2. The molecule has 0 aliphatic rings. The summed E-state index contributed by atoms with van der Waals surface area (Å²) in [6, 6.07) is 19.7. The molecule has 0 fully saturated rings. The van der Waals surface area contributed by atoms with Gasteiger partial charge in [0.15, 0.2) is 0 Å². The minimum Gasteiger partial charge on any atom is -0.309 e. The average molecular weight is 353 g/mol. The second-order valence-electron chi connectivity index (χ2n) is 5.47. The SMILES string of the molecule is O=c1[nH]c(CSc2ccc3ccccc3c2)nc2cc(Cl)ccc12. The number of thioether (sulfide) groups is 1. The molecule has 0 bridgehead atoms. The van der Waals surface area contributed by atoms with Gasteiger partial charge in [-0.2, -0.15) is 0 Å². The standard InChI is InChI=1S/C19H13ClN2OS/c20-14-6-8-16-17(10-14)21-18(22-19(16)23)11-24-15-7-5-12-3-1-2-4-13(12)9-15/h1-10H,11H2,(H,21,22,23). The van der Waals surface area contributed by atoms with Crippen LogP contribution in [-0.4, -0.2) is 9.97 Å². The van der Waals surface area contributed by atoms with E-state index < -0.39 is 0 Å². The molecule has 1 N–H and O–H groups in total. The van der Waals surface area contributed by atoms with Crippen molar-refractivity contribution < 1.29 is 0 Å². The normalized spacial score (nSPS) is 11.2. The second kappa shape index (κ2) is 6.30. The van der Waals surface area contributed by atoms with Crippen LogP contribution in [0.4, 0.5) is 0 Å². The summed E-state index contributed by atoms with van der Waals surface area (Å²) in [7, 11) is 0. The maximum absolute atomic E-state index is 12.1. The summed E-state index contributed by atoms with van der Waals surface area (Å²) in [6.45, 7) is 0. The maximum atomic E-state index is 12.1. The number of halogens is 1. The van der Waals surface area contributed by atoms with Crippen LogP contribution in [0.2, 0.25) is 5.02 Å². The maximum Gasteiger partial charge on any atom is 0.258 e. The highest BCUT2D eigenvalue weighted by molar-refractivity contribution is 7.98. The van der Waals surface area contributed by atoms with Crippen molar-refractivity contribution in [1.82, 2.24) is 9.97 Å². The molecule has 0 aliphatic carbocycles. The lowest BCUT2D eigenvalue weighted by Crippen LogP contribution is -2.11. The van der Waals surface area contributed by atoms with Gasteiger partial charge in [0.05, 0.1) is 16.7 Å². The topological polar surface area (TPSA) is 45.8 Å². The molecule has 4 rings (SSSR count). The highest BCUT2D eigenvalue weighted by atomic mass is 35.5. The molecule has 0 saturated heterocycles. The first-order valence-electron chi connectivity index (χ1n) is 7.49. The first-order chi connectivity index (χ1) is 11.7. The summed E-state index contributed by atoms with van der Waals surface area (Å²) in [5.41, 5.74) is 0.492. The molecule has 0 unspecified atom stereocenters. The zero-order chi connectivity index (χ0) is 16.5. The largest absolute Gasteiger partial charge is 0.309 e. The van der Waals surface area contributed by atoms with E-state index in [9.17, 15) is 4.79 Å². The third-order valence-corrected chi connectivity index (χ3v) is 5.05. The van der Waals surface area contributed by atoms with Crippen molar-refractivity contribution in [2.75, 3.05) is 0 Å². The van der Waals surface area contributed by atoms with Gasteiger partial charge in [0.2, 0.25) is 0 Å². The molecule has 3 aromatic carbocycles. The fourth-order valence-corrected chi connectivity index (χ4v) is 3.62. The van der Waals surface area contributed by atoms with Gasteiger partial charge in [-0.15, -0.1) is 11.8 Å². The third kappa shape index (κ3) is 3.03. The van der Waals surface area contributed by atoms with E-state index in [1.54, 1.807) is 30.0 Å². The van der Waals surface area contributed by atoms with Gasteiger partial charge >= 0.3 is 0 Å². The van der Waals surface area contributed by atoms with Crippen molar-refractivity contribution in [3.05, 3.63) is 81.9 Å². The van der Waals surface area contributed by atoms with Crippen LogP contribution in [0.25, 0.3) is 21.7 Å². The van der Waals surface area contributed by atoms with Gasteiger partial charge in [-0.25, -0.2) is 4.98 Å². The summed E-state index contributed by atoms with van der Waals surface area (Å²) in [5, 5.41) is 3.55. The van der Waals surface area contributed by atoms with Gasteiger partial charge in [-0.3, -0.25) is 4.79 Å². The van der Waals surface area contributed by atoms with Crippen molar-refractivity contribution in [2.24, 2.45) is 0 Å². The lowest BCUT2D eigenvalue weighted by atomic mass is 10.1. The molecule has 1 aromatic heterocycles. The minimum atomic E-state index is -0.134. The van der Waals surface area contributed by atoms with Crippen LogP contribution < -0.4 is 5.56 Å². The first-order valence-corrected chi connectivity index (χ1v) is 8.85. The fraction of sp³-hybridized carbons (Fsp3) is 0.0526. The zero-order valence-corrected chi connectivity index (χ0v) is 14.2. The summed E-state index contributed by atoms with van der Waals surface area (Å²) in [5.74, 6) is 1.24. The molecule has 4 aromatic rings. The molecule has 118 valence electrons. The Hall–Kier alpha value is -2.30. The minimum absolute atomic E-state index is 0.134. The Morgan fingerprint density at radius 2 is 1.83 bits per heavy atom. The number of hydrogen-bond donors (Lipinski definition) is 1. The quantitative estimate of drug-likeness (QED) is 0.526. The Morgan fingerprint density at radius 1 is 1.00 bits per heavy atom. The molecule has 0 radical (unpaired) electrons. The summed E-state index contributed by atoms with van der Waals surface area (Å²) >= 11 is 7.64. The van der Waals surface area contributed by atoms with E-state index in [1.807, 2.05) is 12.1 Å². The zero-order valence-electron chi connectivity index (χ0n) is 12.6. The van der Waals surface area contributed by atoms with E-state index in [4.69, 9.17) is 11.6 Å². The van der Waals surface area contributed by atoms with Gasteiger partial charge in [0.25, 0.3) is 5.56 Å². The van der Waals surface area contributed by atoms with E-state index in [0.29, 0.717) is 27.5 Å². The predicted molar refractivity (Wildman–Crippen MR) is 101 cm³/mol. The van der Waals surface area contributed by atoms with Crippen LogP contribution in [0.5, 0.6) is 0 Å². The van der Waals surface area contributed by atoms with E-state index in [2.05, 4.69) is 40.3 Å². The Labute approximate surface area is 147 Å². The van der Waals surface area contributed by atoms with Crippen LogP contribution in [0.3, 0.4) is 0 Å². The van der Waals surface area contributed by atoms with Gasteiger partial charge < -0.3 is 4.98 Å². The van der Waals surface area contributed by atoms with E-state index >= 15 is 0 Å². The Bertz CT molecular complexity index is 1110. The fourth-order valence-electron chi connectivity index (χ4n) is 2.64. The summed E-state index contributed by atoms with van der Waals surface area (Å²) < 4.78 is 0. The number of nitrogens with zero attached hydrogens (tertiary/aromatic N) is 1. The Kier molecular flexibility index (Phi) is 4.00. The van der Waals surface area contributed by atoms with E-state index in [1.165, 1.54) is 10.8 Å². The molecule has 0 saturated carbocycles. The number of fused-ring (bicyclic) bond motifs is 2. The van der Waals surface area contributed by atoms with Gasteiger partial charge in [0.1, 0.15) is 5.82 Å². The number of benzene rings is 3. The second-order valence-corrected chi connectivity index (χ2v) is 6.96. The van der Waals surface area contributed by atoms with E-state index in [0.717, 1.165) is 4.90 Å². The van der Waals surface area contributed by atoms with Crippen LogP contribution in [0, 0.1) is 0 Å². The predicted octanol–water partition coefficient (Wildman–Crippen LogP) is 5.02. The van der Waals surface area contributed by atoms with E-state index in [-0.39, 0.29) is 5.56 Å². The Balaban J connectivity index is 1.62. The van der Waals surface area contributed by atoms with Crippen molar-refractivity contribution in [3.63, 3.8) is 0 Å². The van der Waals surface area contributed by atoms with Crippen LogP contribution in [-0.2, 0) is 5.75 Å². The molecule has 0 amide bonds. The number of hydrogen-bond acceptors (Lipinski definition) is 3. The molecule has 1 heterocycles. The van der Waals surface area contributed by atoms with Gasteiger partial charge in [-0.1, -0.05) is 41.9 Å². The molecule has 5 heteroatoms. The van der Waals surface area contributed by atoms with Crippen molar-refractivity contribution in [3.8, 4) is 0 Å². The molecule has 0 spiro atoms. The number of H-pyrrole nitrogens is 1. The monoisotopic (exact) mass is 352 g/mol. The lowest BCUT2D eigenvalue weighted by Gasteiger charge is -2.05. The molecule has 24 heavy (non-hydrogen) atoms. The van der Waals surface area contributed by atoms with Crippen molar-refractivity contribution in [1.29, 1.82) is 0 Å². The molecular weight excluding hydrogens is 340 g/mol. The third-order valence-electron chi connectivity index (χ3n) is 3.81. The van der Waals surface area contributed by atoms with Crippen molar-refractivity contribution >= 4 is 45.0 Å². The van der Waals surface area contributed by atoms with Crippen molar-refractivity contribution in [2.45, 2.75) is 10.6 Å².